The van der Waals surface area contributed by atoms with Crippen LogP contribution < -0.4 is 15.5 Å². The average Bonchev–Trinajstić information content (AvgIpc) is 2.80. The van der Waals surface area contributed by atoms with Gasteiger partial charge in [-0.1, -0.05) is 12.1 Å². The van der Waals surface area contributed by atoms with Crippen molar-refractivity contribution in [1.82, 2.24) is 24.8 Å². The molecule has 0 saturated carbocycles. The van der Waals surface area contributed by atoms with Crippen LogP contribution in [0.3, 0.4) is 0 Å². The van der Waals surface area contributed by atoms with Crippen LogP contribution in [0.4, 0.5) is 27.8 Å². The predicted octanol–water partition coefficient (Wildman–Crippen LogP) is 2.84. The lowest BCUT2D eigenvalue weighted by Crippen LogP contribution is -2.61. The van der Waals surface area contributed by atoms with Gasteiger partial charge in [0, 0.05) is 50.7 Å². The maximum Gasteiger partial charge on any atom is 0.227 e. The van der Waals surface area contributed by atoms with E-state index in [1.165, 1.54) is 12.1 Å². The van der Waals surface area contributed by atoms with E-state index < -0.39 is 0 Å². The fraction of sp³-hybridized carbons (Fsp3) is 0.391. The molecule has 2 N–H and O–H groups in total. The van der Waals surface area contributed by atoms with E-state index in [0.717, 1.165) is 50.8 Å². The van der Waals surface area contributed by atoms with Gasteiger partial charge in [0.25, 0.3) is 0 Å². The van der Waals surface area contributed by atoms with Crippen molar-refractivity contribution < 1.29 is 9.13 Å². The molecule has 0 spiro atoms. The summed E-state index contributed by atoms with van der Waals surface area (Å²) >= 11 is 0. The summed E-state index contributed by atoms with van der Waals surface area (Å²) in [6.45, 7) is 7.37. The van der Waals surface area contributed by atoms with E-state index >= 15 is 0 Å². The molecule has 2 aliphatic heterocycles. The molecule has 2 saturated heterocycles. The van der Waals surface area contributed by atoms with Crippen molar-refractivity contribution in [1.29, 1.82) is 0 Å². The monoisotopic (exact) mass is 450 g/mol. The van der Waals surface area contributed by atoms with E-state index in [0.29, 0.717) is 23.6 Å². The molecule has 0 amide bonds. The minimum Gasteiger partial charge on any atom is -0.379 e. The highest BCUT2D eigenvalue weighted by molar-refractivity contribution is 5.60. The number of hydrogen-bond donors (Lipinski definition) is 2. The van der Waals surface area contributed by atoms with Gasteiger partial charge < -0.3 is 20.3 Å². The molecule has 2 aromatic heterocycles. The highest BCUT2D eigenvalue weighted by Crippen LogP contribution is 2.28. The first-order valence-electron chi connectivity index (χ1n) is 11.1. The number of rotatable bonds is 7. The fourth-order valence-electron chi connectivity index (χ4n) is 4.06. The summed E-state index contributed by atoms with van der Waals surface area (Å²) in [7, 11) is 0. The molecule has 5 rings (SSSR count). The van der Waals surface area contributed by atoms with Crippen LogP contribution >= 0.6 is 0 Å². The lowest BCUT2D eigenvalue weighted by molar-refractivity contribution is 0.0104. The first-order chi connectivity index (χ1) is 16.1. The quantitative estimate of drug-likeness (QED) is 0.564. The minimum atomic E-state index is -0.257. The number of hydrogen-bond acceptors (Lipinski definition) is 9. The number of nitrogens with one attached hydrogen (secondary N) is 2. The molecule has 3 aromatic rings. The van der Waals surface area contributed by atoms with Gasteiger partial charge in [-0.05, 0) is 24.6 Å². The second-order valence-electron chi connectivity index (χ2n) is 8.28. The molecular formula is C23H27FN8O. The Morgan fingerprint density at radius 1 is 1.06 bits per heavy atom. The number of ether oxygens (including phenoxy) is 1. The minimum absolute atomic E-state index is 0.0947. The predicted molar refractivity (Wildman–Crippen MR) is 124 cm³/mol. The molecule has 33 heavy (non-hydrogen) atoms. The van der Waals surface area contributed by atoms with Crippen molar-refractivity contribution in [2.45, 2.75) is 19.0 Å². The molecule has 172 valence electrons. The first kappa shape index (κ1) is 21.5. The summed E-state index contributed by atoms with van der Waals surface area (Å²) in [6, 6.07) is 8.78. The summed E-state index contributed by atoms with van der Waals surface area (Å²) in [5, 5.41) is 6.56. The lowest BCUT2D eigenvalue weighted by atomic mass is 10.1. The van der Waals surface area contributed by atoms with Crippen molar-refractivity contribution in [3.63, 3.8) is 0 Å². The first-order valence-corrected chi connectivity index (χ1v) is 11.1. The Morgan fingerprint density at radius 3 is 2.58 bits per heavy atom. The lowest BCUT2D eigenvalue weighted by Gasteiger charge is -2.47. The van der Waals surface area contributed by atoms with E-state index in [4.69, 9.17) is 9.72 Å². The van der Waals surface area contributed by atoms with Gasteiger partial charge in [0.15, 0.2) is 0 Å². The Morgan fingerprint density at radius 2 is 1.85 bits per heavy atom. The third-order valence-corrected chi connectivity index (χ3v) is 6.00. The SMILES string of the molecule is C[C@H](Nc1nc(Nc2cnccn2)cc(N2CC(N3CCOCC3)C2)n1)c1ccc(F)cc1. The van der Waals surface area contributed by atoms with Crippen molar-refractivity contribution >= 4 is 23.4 Å². The zero-order chi connectivity index (χ0) is 22.6. The van der Waals surface area contributed by atoms with Crippen LogP contribution in [0.25, 0.3) is 0 Å². The Labute approximate surface area is 192 Å². The highest BCUT2D eigenvalue weighted by atomic mass is 19.1. The molecule has 2 fully saturated rings. The van der Waals surface area contributed by atoms with Crippen LogP contribution in [0.15, 0.2) is 48.9 Å². The van der Waals surface area contributed by atoms with E-state index in [1.807, 2.05) is 13.0 Å². The smallest absolute Gasteiger partial charge is 0.227 e. The van der Waals surface area contributed by atoms with Gasteiger partial charge in [0.05, 0.1) is 25.5 Å². The number of morpholine rings is 1. The van der Waals surface area contributed by atoms with Crippen LogP contribution in [0.1, 0.15) is 18.5 Å². The van der Waals surface area contributed by atoms with Gasteiger partial charge in [-0.15, -0.1) is 0 Å². The van der Waals surface area contributed by atoms with Gasteiger partial charge in [0.1, 0.15) is 23.3 Å². The zero-order valence-corrected chi connectivity index (χ0v) is 18.5. The largest absolute Gasteiger partial charge is 0.379 e. The summed E-state index contributed by atoms with van der Waals surface area (Å²) in [5.74, 6) is 2.31. The molecule has 2 aliphatic rings. The summed E-state index contributed by atoms with van der Waals surface area (Å²) in [5.41, 5.74) is 0.949. The maximum atomic E-state index is 13.3. The third kappa shape index (κ3) is 5.18. The van der Waals surface area contributed by atoms with Crippen molar-refractivity contribution in [3.05, 3.63) is 60.3 Å². The second kappa shape index (κ2) is 9.63. The average molecular weight is 451 g/mol. The van der Waals surface area contributed by atoms with Crippen LogP contribution in [0.5, 0.6) is 0 Å². The summed E-state index contributed by atoms with van der Waals surface area (Å²) in [6.07, 6.45) is 4.90. The van der Waals surface area contributed by atoms with E-state index in [1.54, 1.807) is 30.7 Å². The number of benzene rings is 1. The van der Waals surface area contributed by atoms with E-state index in [2.05, 4.69) is 35.4 Å². The highest BCUT2D eigenvalue weighted by Gasteiger charge is 2.33. The number of aromatic nitrogens is 4. The molecule has 10 heteroatoms. The van der Waals surface area contributed by atoms with Gasteiger partial charge in [0.2, 0.25) is 5.95 Å². The summed E-state index contributed by atoms with van der Waals surface area (Å²) in [4.78, 5) is 22.5. The van der Waals surface area contributed by atoms with Crippen molar-refractivity contribution in [2.75, 3.05) is 54.9 Å². The molecule has 4 heterocycles. The van der Waals surface area contributed by atoms with Crippen LogP contribution in [0.2, 0.25) is 0 Å². The summed E-state index contributed by atoms with van der Waals surface area (Å²) < 4.78 is 18.8. The molecule has 1 atom stereocenters. The molecule has 0 radical (unpaired) electrons. The van der Waals surface area contributed by atoms with Crippen molar-refractivity contribution in [3.8, 4) is 0 Å². The maximum absolute atomic E-state index is 13.3. The van der Waals surface area contributed by atoms with Crippen LogP contribution in [-0.4, -0.2) is 70.3 Å². The van der Waals surface area contributed by atoms with Crippen LogP contribution in [0, 0.1) is 5.82 Å². The van der Waals surface area contributed by atoms with Crippen LogP contribution in [-0.2, 0) is 4.74 Å². The number of halogens is 1. The standard InChI is InChI=1S/C23H27FN8O/c1-16(17-2-4-18(24)5-3-17)27-23-29-20(28-21-13-25-6-7-26-21)12-22(30-23)32-14-19(15-32)31-8-10-33-11-9-31/h2-7,12-13,16,19H,8-11,14-15H2,1H3,(H2,26,27,28,29,30)/t16-/m0/s1. The number of nitrogens with zero attached hydrogens (tertiary/aromatic N) is 6. The Balaban J connectivity index is 1.34. The van der Waals surface area contributed by atoms with Gasteiger partial charge in [-0.25, -0.2) is 9.37 Å². The molecule has 0 bridgehead atoms. The fourth-order valence-corrected chi connectivity index (χ4v) is 4.06. The molecule has 1 aromatic carbocycles. The van der Waals surface area contributed by atoms with Gasteiger partial charge in [-0.3, -0.25) is 9.88 Å². The molecule has 0 unspecified atom stereocenters. The van der Waals surface area contributed by atoms with E-state index in [-0.39, 0.29) is 11.9 Å². The second-order valence-corrected chi connectivity index (χ2v) is 8.28. The molecule has 9 nitrogen and oxygen atoms in total. The Kier molecular flexibility index (Phi) is 6.27. The van der Waals surface area contributed by atoms with Gasteiger partial charge >= 0.3 is 0 Å². The van der Waals surface area contributed by atoms with Crippen molar-refractivity contribution in [2.24, 2.45) is 0 Å². The topological polar surface area (TPSA) is 91.3 Å². The normalized spacial score (nSPS) is 17.9. The molecular weight excluding hydrogens is 423 g/mol. The Bertz CT molecular complexity index is 1060. The van der Waals surface area contributed by atoms with E-state index in [9.17, 15) is 4.39 Å². The third-order valence-electron chi connectivity index (χ3n) is 6.00. The molecule has 0 aliphatic carbocycles. The van der Waals surface area contributed by atoms with Gasteiger partial charge in [-0.2, -0.15) is 9.97 Å². The number of anilines is 4. The zero-order valence-electron chi connectivity index (χ0n) is 18.5. The Hall–Kier alpha value is -3.37.